The lowest BCUT2D eigenvalue weighted by Crippen LogP contribution is -2.01. The summed E-state index contributed by atoms with van der Waals surface area (Å²) in [5.74, 6) is -1.31. The molecule has 0 atom stereocenters. The van der Waals surface area contributed by atoms with Crippen LogP contribution in [-0.2, 0) is 0 Å². The van der Waals surface area contributed by atoms with Gasteiger partial charge in [-0.25, -0.2) is 0 Å². The van der Waals surface area contributed by atoms with Crippen LogP contribution >= 0.6 is 0 Å². The Bertz CT molecular complexity index is 538. The van der Waals surface area contributed by atoms with Gasteiger partial charge in [0, 0.05) is 12.5 Å². The Morgan fingerprint density at radius 2 is 1.58 bits per heavy atom. The van der Waals surface area contributed by atoms with Gasteiger partial charge in [-0.3, -0.25) is 4.79 Å². The molecule has 0 heterocycles. The molecule has 1 aromatic carbocycles. The number of Topliss-reactive ketones (excluding diaryl/α,β-unsaturated/α-hetero) is 1. The lowest BCUT2D eigenvalue weighted by atomic mass is 9.95. The van der Waals surface area contributed by atoms with Gasteiger partial charge < -0.3 is 15.3 Å². The van der Waals surface area contributed by atoms with E-state index < -0.39 is 5.75 Å². The minimum atomic E-state index is -0.390. The van der Waals surface area contributed by atoms with E-state index in [2.05, 4.69) is 0 Å². The zero-order valence-corrected chi connectivity index (χ0v) is 11.7. The predicted molar refractivity (Wildman–Crippen MR) is 74.6 cm³/mol. The number of rotatable bonds is 4. The molecule has 0 aromatic heterocycles. The molecular weight excluding hydrogens is 244 g/mol. The van der Waals surface area contributed by atoms with Gasteiger partial charge in [0.25, 0.3) is 0 Å². The molecule has 1 aromatic rings. The summed E-state index contributed by atoms with van der Waals surface area (Å²) in [5.41, 5.74) is 1.68. The summed E-state index contributed by atoms with van der Waals surface area (Å²) in [6, 6.07) is 1.10. The van der Waals surface area contributed by atoms with Crippen molar-refractivity contribution in [1.29, 1.82) is 0 Å². The van der Waals surface area contributed by atoms with Crippen LogP contribution in [0, 0.1) is 0 Å². The molecule has 4 heteroatoms. The molecule has 0 saturated heterocycles. The maximum Gasteiger partial charge on any atom is 0.170 e. The van der Waals surface area contributed by atoms with Crippen molar-refractivity contribution in [2.45, 2.75) is 40.5 Å². The van der Waals surface area contributed by atoms with Crippen molar-refractivity contribution in [3.8, 4) is 17.2 Å². The van der Waals surface area contributed by atoms with Gasteiger partial charge >= 0.3 is 0 Å². The second-order valence-electron chi connectivity index (χ2n) is 4.81. The zero-order valence-electron chi connectivity index (χ0n) is 11.7. The van der Waals surface area contributed by atoms with E-state index in [-0.39, 0.29) is 34.8 Å². The summed E-state index contributed by atoms with van der Waals surface area (Å²) in [6.45, 7) is 7.27. The van der Waals surface area contributed by atoms with Crippen molar-refractivity contribution in [3.05, 3.63) is 22.8 Å². The lowest BCUT2D eigenvalue weighted by Gasteiger charge is -2.14. The average Bonchev–Trinajstić information content (AvgIpc) is 2.28. The Labute approximate surface area is 113 Å². The minimum Gasteiger partial charge on any atom is -0.507 e. The normalized spacial score (nSPS) is 10.3. The number of ketones is 1. The molecule has 0 amide bonds. The highest BCUT2D eigenvalue weighted by Crippen LogP contribution is 2.42. The fraction of sp³-hybridized carbons (Fsp3) is 0.400. The Balaban J connectivity index is 3.57. The largest absolute Gasteiger partial charge is 0.507 e. The van der Waals surface area contributed by atoms with Crippen LogP contribution in [-0.4, -0.2) is 21.1 Å². The van der Waals surface area contributed by atoms with E-state index in [0.29, 0.717) is 12.0 Å². The first-order valence-electron chi connectivity index (χ1n) is 6.26. The highest BCUT2D eigenvalue weighted by Gasteiger charge is 2.23. The van der Waals surface area contributed by atoms with Crippen molar-refractivity contribution in [3.63, 3.8) is 0 Å². The molecule has 0 aliphatic carbocycles. The van der Waals surface area contributed by atoms with Crippen molar-refractivity contribution < 1.29 is 20.1 Å². The fourth-order valence-electron chi connectivity index (χ4n) is 1.89. The van der Waals surface area contributed by atoms with Crippen LogP contribution in [0.5, 0.6) is 17.2 Å². The van der Waals surface area contributed by atoms with Crippen LogP contribution in [0.3, 0.4) is 0 Å². The predicted octanol–water partition coefficient (Wildman–Crippen LogP) is 3.60. The number of phenols is 3. The van der Waals surface area contributed by atoms with Crippen LogP contribution in [0.4, 0.5) is 0 Å². The lowest BCUT2D eigenvalue weighted by molar-refractivity contribution is 0.0976. The van der Waals surface area contributed by atoms with Gasteiger partial charge in [-0.1, -0.05) is 12.5 Å². The molecule has 4 nitrogen and oxygen atoms in total. The Morgan fingerprint density at radius 1 is 1.05 bits per heavy atom. The van der Waals surface area contributed by atoms with Crippen molar-refractivity contribution in [1.82, 2.24) is 0 Å². The van der Waals surface area contributed by atoms with Gasteiger partial charge in [-0.15, -0.1) is 0 Å². The molecule has 0 unspecified atom stereocenters. The minimum absolute atomic E-state index is 0.116. The van der Waals surface area contributed by atoms with E-state index in [1.165, 1.54) is 0 Å². The average molecular weight is 264 g/mol. The number of hydrogen-bond acceptors (Lipinski definition) is 4. The fourth-order valence-corrected chi connectivity index (χ4v) is 1.89. The molecule has 0 bridgehead atoms. The van der Waals surface area contributed by atoms with E-state index in [1.807, 2.05) is 20.8 Å². The van der Waals surface area contributed by atoms with Crippen molar-refractivity contribution >= 4 is 11.4 Å². The first kappa shape index (κ1) is 15.1. The zero-order chi connectivity index (χ0) is 14.7. The highest BCUT2D eigenvalue weighted by atomic mass is 16.3. The number of aromatic hydroxyl groups is 3. The summed E-state index contributed by atoms with van der Waals surface area (Å²) in [4.78, 5) is 11.9. The molecule has 1 rings (SSSR count). The van der Waals surface area contributed by atoms with Crippen LogP contribution in [0.1, 0.15) is 56.5 Å². The first-order chi connectivity index (χ1) is 8.81. The van der Waals surface area contributed by atoms with Gasteiger partial charge in [0.1, 0.15) is 22.8 Å². The number of benzene rings is 1. The number of carbonyl (C=O) groups excluding carboxylic acids is 1. The summed E-state index contributed by atoms with van der Waals surface area (Å²) < 4.78 is 0. The van der Waals surface area contributed by atoms with E-state index in [4.69, 9.17) is 0 Å². The molecule has 104 valence electrons. The molecule has 0 saturated carbocycles. The van der Waals surface area contributed by atoms with Gasteiger partial charge in [0.15, 0.2) is 5.78 Å². The molecule has 19 heavy (non-hydrogen) atoms. The number of allylic oxidation sites excluding steroid dienone is 2. The summed E-state index contributed by atoms with van der Waals surface area (Å²) in [5, 5.41) is 29.8. The van der Waals surface area contributed by atoms with E-state index >= 15 is 0 Å². The molecule has 3 N–H and O–H groups in total. The Hall–Kier alpha value is -1.97. The second kappa shape index (κ2) is 5.78. The maximum atomic E-state index is 11.9. The van der Waals surface area contributed by atoms with Crippen LogP contribution in [0.2, 0.25) is 0 Å². The first-order valence-corrected chi connectivity index (χ1v) is 6.26. The monoisotopic (exact) mass is 264 g/mol. The van der Waals surface area contributed by atoms with Crippen LogP contribution < -0.4 is 0 Å². The second-order valence-corrected chi connectivity index (χ2v) is 4.81. The van der Waals surface area contributed by atoms with Gasteiger partial charge in [-0.2, -0.15) is 0 Å². The molecule has 0 fully saturated rings. The van der Waals surface area contributed by atoms with E-state index in [1.54, 1.807) is 6.92 Å². The van der Waals surface area contributed by atoms with Crippen LogP contribution in [0.15, 0.2) is 11.6 Å². The maximum absolute atomic E-state index is 11.9. The number of hydrogen-bond donors (Lipinski definition) is 3. The van der Waals surface area contributed by atoms with Crippen molar-refractivity contribution in [2.75, 3.05) is 0 Å². The number of carbonyl (C=O) groups is 1. The summed E-state index contributed by atoms with van der Waals surface area (Å²) >= 11 is 0. The Morgan fingerprint density at radius 3 is 2.05 bits per heavy atom. The molecule has 0 radical (unpaired) electrons. The summed E-state index contributed by atoms with van der Waals surface area (Å²) in [7, 11) is 0. The smallest absolute Gasteiger partial charge is 0.170 e. The number of phenolic OH excluding ortho intramolecular Hbond substituents is 3. The highest BCUT2D eigenvalue weighted by molar-refractivity contribution is 6.03. The van der Waals surface area contributed by atoms with Crippen LogP contribution in [0.25, 0.3) is 5.57 Å². The third-order valence-corrected chi connectivity index (χ3v) is 3.14. The third-order valence-electron chi connectivity index (χ3n) is 3.14. The topological polar surface area (TPSA) is 77.8 Å². The van der Waals surface area contributed by atoms with Crippen molar-refractivity contribution in [2.24, 2.45) is 0 Å². The SMILES string of the molecule is CCCC(=O)c1c(O)cc(O)c(C(C)=C(C)C)c1O. The van der Waals surface area contributed by atoms with Gasteiger partial charge in [0.05, 0.1) is 5.56 Å². The molecule has 0 aliphatic heterocycles. The van der Waals surface area contributed by atoms with Gasteiger partial charge in [0.2, 0.25) is 0 Å². The summed E-state index contributed by atoms with van der Waals surface area (Å²) in [6.07, 6.45) is 0.856. The molecular formula is C15H20O4. The van der Waals surface area contributed by atoms with E-state index in [9.17, 15) is 20.1 Å². The molecule has 0 spiro atoms. The molecule has 0 aliphatic rings. The Kier molecular flexibility index (Phi) is 4.59. The van der Waals surface area contributed by atoms with E-state index in [0.717, 1.165) is 11.6 Å². The quantitative estimate of drug-likeness (QED) is 0.726. The van der Waals surface area contributed by atoms with Gasteiger partial charge in [-0.05, 0) is 32.8 Å². The third kappa shape index (κ3) is 2.89. The standard InChI is InChI=1S/C15H20O4/c1-5-6-10(16)14-12(18)7-11(17)13(15(14)19)9(4)8(2)3/h7,17-19H,5-6H2,1-4H3.